The van der Waals surface area contributed by atoms with E-state index in [1.54, 1.807) is 48.5 Å². The zero-order valence-corrected chi connectivity index (χ0v) is 24.7. The summed E-state index contributed by atoms with van der Waals surface area (Å²) in [4.78, 5) is 19.7. The molecule has 0 saturated carbocycles. The maximum atomic E-state index is 13.7. The van der Waals surface area contributed by atoms with Crippen LogP contribution in [-0.4, -0.2) is 32.7 Å². The van der Waals surface area contributed by atoms with E-state index in [1.165, 1.54) is 12.1 Å². The van der Waals surface area contributed by atoms with Gasteiger partial charge in [0, 0.05) is 6.07 Å². The second-order valence-corrected chi connectivity index (χ2v) is 13.9. The number of hydrogen-bond acceptors (Lipinski definition) is 7. The highest BCUT2D eigenvalue weighted by atomic mass is 32.2. The van der Waals surface area contributed by atoms with E-state index in [1.807, 2.05) is 48.0 Å². The Morgan fingerprint density at radius 2 is 1.67 bits per heavy atom. The van der Waals surface area contributed by atoms with E-state index in [0.717, 1.165) is 16.6 Å². The molecule has 43 heavy (non-hydrogen) atoms. The molecular formula is C31H28N4O6S2. The summed E-state index contributed by atoms with van der Waals surface area (Å²) in [6.45, 7) is 1.94. The smallest absolute Gasteiger partial charge is 0.242 e. The number of para-hydroxylation sites is 2. The van der Waals surface area contributed by atoms with Crippen LogP contribution in [-0.2, 0) is 31.3 Å². The molecule has 2 heterocycles. The summed E-state index contributed by atoms with van der Waals surface area (Å²) in [6, 6.07) is 27.0. The molecular weight excluding hydrogens is 588 g/mol. The molecule has 0 bridgehead atoms. The van der Waals surface area contributed by atoms with E-state index in [2.05, 4.69) is 9.71 Å². The first-order valence-electron chi connectivity index (χ1n) is 13.5. The van der Waals surface area contributed by atoms with Crippen molar-refractivity contribution in [2.75, 3.05) is 0 Å². The van der Waals surface area contributed by atoms with Crippen LogP contribution in [0.2, 0.25) is 0 Å². The van der Waals surface area contributed by atoms with Gasteiger partial charge in [-0.1, -0.05) is 60.7 Å². The minimum Gasteiger partial charge on any atom is -0.457 e. The van der Waals surface area contributed by atoms with Crippen LogP contribution in [0.5, 0.6) is 11.5 Å². The van der Waals surface area contributed by atoms with Gasteiger partial charge < -0.3 is 9.72 Å². The third-order valence-electron chi connectivity index (χ3n) is 7.26. The predicted molar refractivity (Wildman–Crippen MR) is 161 cm³/mol. The lowest BCUT2D eigenvalue weighted by molar-refractivity contribution is -0.118. The Hall–Kier alpha value is -4.52. The maximum Gasteiger partial charge on any atom is 0.242 e. The number of hydrogen-bond donors (Lipinski definition) is 3. The van der Waals surface area contributed by atoms with Gasteiger partial charge in [-0.25, -0.2) is 26.5 Å². The van der Waals surface area contributed by atoms with Crippen molar-refractivity contribution in [2.45, 2.75) is 36.0 Å². The van der Waals surface area contributed by atoms with E-state index < -0.39 is 37.2 Å². The highest BCUT2D eigenvalue weighted by Gasteiger charge is 2.37. The van der Waals surface area contributed by atoms with Gasteiger partial charge in [0.25, 0.3) is 0 Å². The Kier molecular flexibility index (Phi) is 7.50. The maximum absolute atomic E-state index is 13.7. The van der Waals surface area contributed by atoms with E-state index in [0.29, 0.717) is 28.4 Å². The molecule has 12 heteroatoms. The number of carbonyl (C=O) groups excluding carboxylic acids is 1. The molecule has 1 aliphatic heterocycles. The lowest BCUT2D eigenvalue weighted by atomic mass is 10.0. The number of H-pyrrole nitrogens is 1. The molecule has 4 aromatic carbocycles. The molecule has 1 amide bonds. The van der Waals surface area contributed by atoms with Gasteiger partial charge in [0.2, 0.25) is 26.0 Å². The minimum absolute atomic E-state index is 0.0252. The lowest BCUT2D eigenvalue weighted by Gasteiger charge is -2.18. The summed E-state index contributed by atoms with van der Waals surface area (Å²) in [5.74, 6) is 0.841. The Morgan fingerprint density at radius 3 is 2.37 bits per heavy atom. The summed E-state index contributed by atoms with van der Waals surface area (Å²) in [5, 5.41) is -0.966. The summed E-state index contributed by atoms with van der Waals surface area (Å²) >= 11 is 0. The normalized spacial score (nSPS) is 17.0. The van der Waals surface area contributed by atoms with Crippen LogP contribution in [0.4, 0.5) is 0 Å². The Balaban J connectivity index is 1.31. The molecule has 0 aliphatic carbocycles. The predicted octanol–water partition coefficient (Wildman–Crippen LogP) is 4.82. The van der Waals surface area contributed by atoms with Crippen molar-refractivity contribution in [3.05, 3.63) is 120 Å². The van der Waals surface area contributed by atoms with Gasteiger partial charge in [0.1, 0.15) is 22.6 Å². The van der Waals surface area contributed by atoms with Crippen LogP contribution in [0.15, 0.2) is 102 Å². The Labute approximate surface area is 249 Å². The number of aromatic nitrogens is 2. The van der Waals surface area contributed by atoms with Crippen molar-refractivity contribution in [1.29, 1.82) is 0 Å². The van der Waals surface area contributed by atoms with Crippen molar-refractivity contribution >= 4 is 37.0 Å². The third kappa shape index (κ3) is 6.17. The van der Waals surface area contributed by atoms with Crippen LogP contribution in [0.3, 0.4) is 0 Å². The number of rotatable bonds is 9. The Morgan fingerprint density at radius 1 is 0.953 bits per heavy atom. The monoisotopic (exact) mass is 616 g/mol. The molecule has 1 aromatic heterocycles. The quantitative estimate of drug-likeness (QED) is 0.215. The number of nitrogens with zero attached hydrogens (tertiary/aromatic N) is 1. The second-order valence-electron chi connectivity index (χ2n) is 10.4. The van der Waals surface area contributed by atoms with Gasteiger partial charge >= 0.3 is 0 Å². The number of amides is 1. The number of fused-ring (bicyclic) bond motifs is 1. The molecule has 3 N–H and O–H groups in total. The summed E-state index contributed by atoms with van der Waals surface area (Å²) in [7, 11) is -7.83. The SMILES string of the molecule is Cc1cccc2nc([C@H](Cc3ccc(C4CC(=O)NS4(=O)=O)cc3)NS(=O)(=O)c3cccc(Oc4ccccc4)c3)[nH]c12. The van der Waals surface area contributed by atoms with Crippen molar-refractivity contribution in [2.24, 2.45) is 0 Å². The fourth-order valence-corrected chi connectivity index (χ4v) is 7.75. The number of sulfonamides is 2. The zero-order valence-electron chi connectivity index (χ0n) is 23.0. The van der Waals surface area contributed by atoms with Crippen molar-refractivity contribution < 1.29 is 26.4 Å². The summed E-state index contributed by atoms with van der Waals surface area (Å²) in [6.07, 6.45) is 0.0721. The zero-order chi connectivity index (χ0) is 30.2. The second kappa shape index (κ2) is 11.3. The summed E-state index contributed by atoms with van der Waals surface area (Å²) in [5.41, 5.74) is 3.70. The van der Waals surface area contributed by atoms with E-state index >= 15 is 0 Å². The lowest BCUT2D eigenvalue weighted by Crippen LogP contribution is -2.31. The van der Waals surface area contributed by atoms with Crippen LogP contribution < -0.4 is 14.2 Å². The average molecular weight is 617 g/mol. The van der Waals surface area contributed by atoms with Crippen LogP contribution in [0, 0.1) is 6.92 Å². The van der Waals surface area contributed by atoms with Crippen LogP contribution in [0.1, 0.15) is 40.2 Å². The number of ether oxygens (including phenoxy) is 1. The van der Waals surface area contributed by atoms with Gasteiger partial charge in [-0.3, -0.25) is 9.52 Å². The topological polar surface area (TPSA) is 147 Å². The highest BCUT2D eigenvalue weighted by Crippen LogP contribution is 2.31. The Bertz CT molecular complexity index is 2030. The molecule has 220 valence electrons. The van der Waals surface area contributed by atoms with Gasteiger partial charge in [-0.2, -0.15) is 0 Å². The van der Waals surface area contributed by atoms with E-state index in [-0.39, 0.29) is 17.7 Å². The van der Waals surface area contributed by atoms with Crippen molar-refractivity contribution in [1.82, 2.24) is 19.4 Å². The molecule has 0 radical (unpaired) electrons. The van der Waals surface area contributed by atoms with Gasteiger partial charge in [0.05, 0.1) is 28.4 Å². The number of imidazole rings is 1. The molecule has 1 unspecified atom stereocenters. The number of nitrogens with one attached hydrogen (secondary N) is 3. The first-order valence-corrected chi connectivity index (χ1v) is 16.5. The van der Waals surface area contributed by atoms with Gasteiger partial charge in [-0.05, 0) is 60.4 Å². The van der Waals surface area contributed by atoms with Crippen LogP contribution in [0.25, 0.3) is 11.0 Å². The van der Waals surface area contributed by atoms with Gasteiger partial charge in [-0.15, -0.1) is 0 Å². The molecule has 1 aliphatic rings. The highest BCUT2D eigenvalue weighted by molar-refractivity contribution is 7.90. The minimum atomic E-state index is -4.05. The number of benzene rings is 4. The molecule has 2 atom stereocenters. The molecule has 1 saturated heterocycles. The third-order valence-corrected chi connectivity index (χ3v) is 10.4. The van der Waals surface area contributed by atoms with Gasteiger partial charge in [0.15, 0.2) is 0 Å². The molecule has 5 aromatic rings. The first-order chi connectivity index (χ1) is 20.6. The van der Waals surface area contributed by atoms with E-state index in [4.69, 9.17) is 9.72 Å². The first kappa shape index (κ1) is 28.6. The number of aromatic amines is 1. The average Bonchev–Trinajstić information content (AvgIpc) is 3.54. The molecule has 6 rings (SSSR count). The number of carbonyl (C=O) groups is 1. The fourth-order valence-electron chi connectivity index (χ4n) is 5.09. The molecule has 10 nitrogen and oxygen atoms in total. The molecule has 1 fully saturated rings. The van der Waals surface area contributed by atoms with E-state index in [9.17, 15) is 21.6 Å². The standard InChI is InChI=1S/C31H28N4O6S2/c1-20-7-5-12-26-30(20)33-31(32-26)27(17-21-13-15-22(16-14-21)28-19-29(36)35-43(28,39)40)34-42(37,38)25-11-6-10-24(18-25)41-23-8-3-2-4-9-23/h2-16,18,27-28,34H,17,19H2,1H3,(H,32,33)(H,35,36)/t27-,28?/m0/s1. The largest absolute Gasteiger partial charge is 0.457 e. The number of aryl methyl sites for hydroxylation is 1. The molecule has 0 spiro atoms. The fraction of sp³-hybridized carbons (Fsp3) is 0.161. The summed E-state index contributed by atoms with van der Waals surface area (Å²) < 4.78 is 62.7. The van der Waals surface area contributed by atoms with Crippen LogP contribution >= 0.6 is 0 Å². The van der Waals surface area contributed by atoms with Crippen molar-refractivity contribution in [3.63, 3.8) is 0 Å². The van der Waals surface area contributed by atoms with Crippen molar-refractivity contribution in [3.8, 4) is 11.5 Å².